The minimum atomic E-state index is 0.366. The third kappa shape index (κ3) is 4.29. The number of hydrogen-bond acceptors (Lipinski definition) is 0. The molecule has 0 bridgehead atoms. The largest absolute Gasteiger partial charge is 0.0893 e. The van der Waals surface area contributed by atoms with E-state index in [2.05, 4.69) is 68.7 Å². The molecular weight excluding hydrogens is 260 g/mol. The molecule has 0 heterocycles. The average molecular weight is 283 g/mol. The summed E-state index contributed by atoms with van der Waals surface area (Å²) in [5.41, 5.74) is 4.61. The lowest BCUT2D eigenvalue weighted by atomic mass is 9.81. The zero-order chi connectivity index (χ0) is 12.3. The van der Waals surface area contributed by atoms with Crippen LogP contribution in [0.3, 0.4) is 0 Å². The van der Waals surface area contributed by atoms with Gasteiger partial charge >= 0.3 is 0 Å². The Morgan fingerprint density at radius 3 is 2.31 bits per heavy atom. The van der Waals surface area contributed by atoms with Crippen molar-refractivity contribution in [2.24, 2.45) is 5.41 Å². The fraction of sp³-hybridized carbons (Fsp3) is 0.600. The maximum atomic E-state index is 3.65. The van der Waals surface area contributed by atoms with E-state index in [1.165, 1.54) is 23.1 Å². The SMILES string of the molecule is Cc1ccc(CC(C)(C)CC(C)Br)cc1C. The van der Waals surface area contributed by atoms with Crippen LogP contribution in [0.2, 0.25) is 0 Å². The predicted molar refractivity (Wildman–Crippen MR) is 76.4 cm³/mol. The molecule has 0 aliphatic rings. The Morgan fingerprint density at radius 2 is 1.81 bits per heavy atom. The van der Waals surface area contributed by atoms with Crippen molar-refractivity contribution in [1.82, 2.24) is 0 Å². The van der Waals surface area contributed by atoms with E-state index in [1.54, 1.807) is 0 Å². The van der Waals surface area contributed by atoms with Crippen molar-refractivity contribution in [3.05, 3.63) is 34.9 Å². The molecule has 0 spiro atoms. The number of halogens is 1. The molecule has 1 unspecified atom stereocenters. The number of rotatable bonds is 4. The van der Waals surface area contributed by atoms with Crippen molar-refractivity contribution in [3.63, 3.8) is 0 Å². The van der Waals surface area contributed by atoms with Crippen molar-refractivity contribution in [2.45, 2.75) is 52.3 Å². The van der Waals surface area contributed by atoms with Gasteiger partial charge in [0.1, 0.15) is 0 Å². The second-order valence-corrected chi connectivity index (χ2v) is 7.31. The standard InChI is InChI=1S/C15H23Br/c1-11-6-7-14(8-12(11)2)10-15(4,5)9-13(3)16/h6-8,13H,9-10H2,1-5H3. The van der Waals surface area contributed by atoms with Gasteiger partial charge in [-0.2, -0.15) is 0 Å². The smallest absolute Gasteiger partial charge is 0.0122 e. The number of aryl methyl sites for hydroxylation is 2. The van der Waals surface area contributed by atoms with Gasteiger partial charge in [0.2, 0.25) is 0 Å². The summed E-state index contributed by atoms with van der Waals surface area (Å²) in [5.74, 6) is 0. The van der Waals surface area contributed by atoms with Gasteiger partial charge in [0.25, 0.3) is 0 Å². The zero-order valence-electron chi connectivity index (χ0n) is 11.1. The summed E-state index contributed by atoms with van der Waals surface area (Å²) < 4.78 is 0. The van der Waals surface area contributed by atoms with E-state index in [4.69, 9.17) is 0 Å². The second kappa shape index (κ2) is 5.35. The molecule has 16 heavy (non-hydrogen) atoms. The van der Waals surface area contributed by atoms with Crippen LogP contribution in [-0.2, 0) is 6.42 Å². The zero-order valence-corrected chi connectivity index (χ0v) is 12.7. The van der Waals surface area contributed by atoms with Gasteiger partial charge < -0.3 is 0 Å². The van der Waals surface area contributed by atoms with Crippen molar-refractivity contribution in [1.29, 1.82) is 0 Å². The van der Waals surface area contributed by atoms with Crippen LogP contribution in [0.15, 0.2) is 18.2 Å². The molecule has 0 N–H and O–H groups in total. The molecule has 0 aliphatic heterocycles. The molecule has 0 fully saturated rings. The van der Waals surface area contributed by atoms with E-state index in [0.29, 0.717) is 10.2 Å². The fourth-order valence-electron chi connectivity index (χ4n) is 2.30. The van der Waals surface area contributed by atoms with E-state index in [-0.39, 0.29) is 0 Å². The Balaban J connectivity index is 2.76. The molecule has 0 radical (unpaired) electrons. The van der Waals surface area contributed by atoms with Gasteiger partial charge in [0.15, 0.2) is 0 Å². The highest BCUT2D eigenvalue weighted by molar-refractivity contribution is 9.09. The molecule has 0 aliphatic carbocycles. The normalized spacial score (nSPS) is 13.9. The number of alkyl halides is 1. The van der Waals surface area contributed by atoms with Gasteiger partial charge in [-0.15, -0.1) is 0 Å². The molecule has 1 rings (SSSR count). The van der Waals surface area contributed by atoms with E-state index < -0.39 is 0 Å². The lowest BCUT2D eigenvalue weighted by Crippen LogP contribution is -2.18. The Kier molecular flexibility index (Phi) is 4.61. The summed E-state index contributed by atoms with van der Waals surface area (Å²) in [6, 6.07) is 6.83. The average Bonchev–Trinajstić information content (AvgIpc) is 2.08. The molecule has 0 amide bonds. The molecule has 1 atom stereocenters. The maximum absolute atomic E-state index is 3.65. The van der Waals surface area contributed by atoms with Crippen LogP contribution < -0.4 is 0 Å². The minimum absolute atomic E-state index is 0.366. The lowest BCUT2D eigenvalue weighted by molar-refractivity contribution is 0.335. The number of hydrogen-bond donors (Lipinski definition) is 0. The van der Waals surface area contributed by atoms with Crippen molar-refractivity contribution in [2.75, 3.05) is 0 Å². The number of benzene rings is 1. The highest BCUT2D eigenvalue weighted by Crippen LogP contribution is 2.30. The van der Waals surface area contributed by atoms with Crippen LogP contribution in [0, 0.1) is 19.3 Å². The van der Waals surface area contributed by atoms with Crippen molar-refractivity contribution in [3.8, 4) is 0 Å². The van der Waals surface area contributed by atoms with E-state index in [1.807, 2.05) is 0 Å². The molecular formula is C15H23Br. The molecule has 90 valence electrons. The molecule has 1 aromatic carbocycles. The van der Waals surface area contributed by atoms with Gasteiger partial charge in [0, 0.05) is 4.83 Å². The molecule has 0 aromatic heterocycles. The molecule has 0 saturated carbocycles. The maximum Gasteiger partial charge on any atom is 0.0122 e. The topological polar surface area (TPSA) is 0 Å². The van der Waals surface area contributed by atoms with Crippen molar-refractivity contribution >= 4 is 15.9 Å². The summed E-state index contributed by atoms with van der Waals surface area (Å²) in [6.45, 7) is 11.3. The van der Waals surface area contributed by atoms with Crippen LogP contribution in [0.4, 0.5) is 0 Å². The Morgan fingerprint density at radius 1 is 1.19 bits per heavy atom. The van der Waals surface area contributed by atoms with E-state index in [9.17, 15) is 0 Å². The lowest BCUT2D eigenvalue weighted by Gasteiger charge is -2.26. The Labute approximate surface area is 109 Å². The Hall–Kier alpha value is -0.300. The highest BCUT2D eigenvalue weighted by atomic mass is 79.9. The fourth-order valence-corrected chi connectivity index (χ4v) is 3.18. The van der Waals surface area contributed by atoms with Crippen LogP contribution in [0.25, 0.3) is 0 Å². The summed E-state index contributed by atoms with van der Waals surface area (Å²) in [4.78, 5) is 0.592. The van der Waals surface area contributed by atoms with Crippen molar-refractivity contribution < 1.29 is 0 Å². The summed E-state index contributed by atoms with van der Waals surface area (Å²) in [7, 11) is 0. The first-order valence-corrected chi connectivity index (χ1v) is 6.92. The summed E-state index contributed by atoms with van der Waals surface area (Å²) in [6.07, 6.45) is 2.37. The van der Waals surface area contributed by atoms with Crippen LogP contribution in [0.1, 0.15) is 43.9 Å². The minimum Gasteiger partial charge on any atom is -0.0893 e. The van der Waals surface area contributed by atoms with E-state index >= 15 is 0 Å². The quantitative estimate of drug-likeness (QED) is 0.679. The highest BCUT2D eigenvalue weighted by Gasteiger charge is 2.20. The van der Waals surface area contributed by atoms with Crippen LogP contribution >= 0.6 is 15.9 Å². The molecule has 1 heteroatoms. The monoisotopic (exact) mass is 282 g/mol. The third-order valence-corrected chi connectivity index (χ3v) is 3.41. The Bertz CT molecular complexity index is 350. The predicted octanol–water partition coefficient (Wildman–Crippen LogP) is 5.05. The molecule has 0 nitrogen and oxygen atoms in total. The van der Waals surface area contributed by atoms with Gasteiger partial charge in [-0.25, -0.2) is 0 Å². The summed E-state index contributed by atoms with van der Waals surface area (Å²) in [5, 5.41) is 0. The first kappa shape index (κ1) is 13.8. The first-order chi connectivity index (χ1) is 7.30. The molecule has 1 aromatic rings. The van der Waals surface area contributed by atoms with Gasteiger partial charge in [-0.05, 0) is 48.8 Å². The van der Waals surface area contributed by atoms with Gasteiger partial charge in [-0.1, -0.05) is 54.9 Å². The first-order valence-electron chi connectivity index (χ1n) is 6.00. The van der Waals surface area contributed by atoms with Crippen LogP contribution in [-0.4, -0.2) is 4.83 Å². The second-order valence-electron chi connectivity index (χ2n) is 5.74. The van der Waals surface area contributed by atoms with Crippen LogP contribution in [0.5, 0.6) is 0 Å². The third-order valence-electron chi connectivity index (χ3n) is 3.09. The van der Waals surface area contributed by atoms with Gasteiger partial charge in [0.05, 0.1) is 0 Å². The molecule has 0 saturated heterocycles. The van der Waals surface area contributed by atoms with E-state index in [0.717, 1.165) is 6.42 Å². The summed E-state index contributed by atoms with van der Waals surface area (Å²) >= 11 is 3.65. The van der Waals surface area contributed by atoms with Gasteiger partial charge in [-0.3, -0.25) is 0 Å².